The molecule has 2 rings (SSSR count). The summed E-state index contributed by atoms with van der Waals surface area (Å²) in [6.07, 6.45) is 5.06. The number of aliphatic imine (C=N–C) groups is 1. The Morgan fingerprint density at radius 3 is 2.74 bits per heavy atom. The van der Waals surface area contributed by atoms with Crippen molar-refractivity contribution in [3.8, 4) is 5.88 Å². The highest BCUT2D eigenvalue weighted by Crippen LogP contribution is 2.17. The Kier molecular flexibility index (Phi) is 12.4. The second-order valence-electron chi connectivity index (χ2n) is 6.25. The molecule has 0 unspecified atom stereocenters. The lowest BCUT2D eigenvalue weighted by atomic mass is 10.1. The maximum absolute atomic E-state index is 5.94. The van der Waals surface area contributed by atoms with E-state index >= 15 is 0 Å². The van der Waals surface area contributed by atoms with Gasteiger partial charge in [0.25, 0.3) is 0 Å². The Hall–Kier alpha value is -1.13. The molecule has 0 bridgehead atoms. The predicted octanol–water partition coefficient (Wildman–Crippen LogP) is 2.69. The quantitative estimate of drug-likeness (QED) is 0.248. The van der Waals surface area contributed by atoms with Crippen LogP contribution in [0.25, 0.3) is 0 Å². The smallest absolute Gasteiger partial charge is 0.218 e. The average molecular weight is 492 g/mol. The lowest BCUT2D eigenvalue weighted by Gasteiger charge is -2.34. The van der Waals surface area contributed by atoms with Gasteiger partial charge >= 0.3 is 0 Å². The maximum atomic E-state index is 5.94. The Morgan fingerprint density at radius 2 is 2.07 bits per heavy atom. The van der Waals surface area contributed by atoms with E-state index in [2.05, 4.69) is 22.1 Å². The number of pyridine rings is 1. The van der Waals surface area contributed by atoms with Crippen molar-refractivity contribution in [1.82, 2.24) is 15.2 Å². The van der Waals surface area contributed by atoms with E-state index in [1.54, 1.807) is 20.4 Å². The van der Waals surface area contributed by atoms with Gasteiger partial charge in [0, 0.05) is 51.7 Å². The number of ether oxygens (including phenoxy) is 3. The number of nitrogens with zero attached hydrogens (tertiary/aromatic N) is 3. The minimum atomic E-state index is 0. The monoisotopic (exact) mass is 492 g/mol. The highest BCUT2D eigenvalue weighted by Gasteiger charge is 2.21. The first-order valence-corrected chi connectivity index (χ1v) is 9.40. The van der Waals surface area contributed by atoms with Gasteiger partial charge in [-0.2, -0.15) is 0 Å². The lowest BCUT2D eigenvalue weighted by molar-refractivity contribution is 0.00990. The number of nitrogens with one attached hydrogen (secondary N) is 1. The van der Waals surface area contributed by atoms with Gasteiger partial charge in [0.05, 0.1) is 19.8 Å². The summed E-state index contributed by atoms with van der Waals surface area (Å²) in [7, 11) is 3.36. The summed E-state index contributed by atoms with van der Waals surface area (Å²) in [6.45, 7) is 6.91. The molecule has 1 fully saturated rings. The summed E-state index contributed by atoms with van der Waals surface area (Å²) in [6, 6.07) is 3.91. The number of aromatic nitrogens is 1. The molecule has 1 saturated heterocycles. The highest BCUT2D eigenvalue weighted by molar-refractivity contribution is 14.0. The molecule has 154 valence electrons. The Bertz CT molecular complexity index is 552. The molecule has 1 aromatic heterocycles. The fourth-order valence-electron chi connectivity index (χ4n) is 3.00. The number of halogens is 1. The molecule has 8 heteroatoms. The fraction of sp³-hybridized carbons (Fsp3) is 0.684. The maximum Gasteiger partial charge on any atom is 0.218 e. The summed E-state index contributed by atoms with van der Waals surface area (Å²) < 4.78 is 16.3. The molecule has 0 aromatic carbocycles. The summed E-state index contributed by atoms with van der Waals surface area (Å²) in [5, 5.41) is 3.39. The van der Waals surface area contributed by atoms with Gasteiger partial charge in [-0.3, -0.25) is 0 Å². The second kappa shape index (κ2) is 14.0. The number of guanidine groups is 1. The van der Waals surface area contributed by atoms with Gasteiger partial charge in [0.15, 0.2) is 5.96 Å². The van der Waals surface area contributed by atoms with Crippen LogP contribution in [0.3, 0.4) is 0 Å². The normalized spacial score (nSPS) is 15.4. The van der Waals surface area contributed by atoms with Crippen LogP contribution in [0.15, 0.2) is 23.3 Å². The minimum Gasteiger partial charge on any atom is -0.481 e. The van der Waals surface area contributed by atoms with Gasteiger partial charge in [-0.1, -0.05) is 6.07 Å². The van der Waals surface area contributed by atoms with E-state index in [1.807, 2.05) is 12.1 Å². The first-order valence-electron chi connectivity index (χ1n) is 9.40. The van der Waals surface area contributed by atoms with E-state index in [1.165, 1.54) is 0 Å². The predicted molar refractivity (Wildman–Crippen MR) is 118 cm³/mol. The summed E-state index contributed by atoms with van der Waals surface area (Å²) in [4.78, 5) is 11.3. The minimum absolute atomic E-state index is 0. The van der Waals surface area contributed by atoms with Gasteiger partial charge < -0.3 is 24.4 Å². The summed E-state index contributed by atoms with van der Waals surface area (Å²) in [5.41, 5.74) is 0.988. The van der Waals surface area contributed by atoms with E-state index in [0.29, 0.717) is 18.5 Å². The van der Waals surface area contributed by atoms with Crippen molar-refractivity contribution in [2.45, 2.75) is 38.8 Å². The van der Waals surface area contributed by atoms with E-state index < -0.39 is 0 Å². The molecule has 0 radical (unpaired) electrons. The van der Waals surface area contributed by atoms with Crippen LogP contribution in [0.5, 0.6) is 5.88 Å². The molecule has 1 aromatic rings. The van der Waals surface area contributed by atoms with Crippen molar-refractivity contribution in [2.75, 3.05) is 47.1 Å². The van der Waals surface area contributed by atoms with Crippen LogP contribution >= 0.6 is 24.0 Å². The standard InChI is InChI=1S/C19H32N4O3.HI/c1-4-20-19(22-15-16-7-5-10-21-18(16)25-3)23-11-8-17(9-12-23)26-14-6-13-24-2;/h5,7,10,17H,4,6,8-9,11-15H2,1-3H3,(H,20,22);1H. The van der Waals surface area contributed by atoms with Gasteiger partial charge in [0.2, 0.25) is 5.88 Å². The molecule has 0 spiro atoms. The lowest BCUT2D eigenvalue weighted by Crippen LogP contribution is -2.47. The van der Waals surface area contributed by atoms with Crippen LogP contribution in [0.1, 0.15) is 31.7 Å². The third-order valence-corrected chi connectivity index (χ3v) is 4.37. The molecule has 1 aliphatic heterocycles. The second-order valence-corrected chi connectivity index (χ2v) is 6.25. The van der Waals surface area contributed by atoms with Gasteiger partial charge in [-0.15, -0.1) is 24.0 Å². The molecule has 0 saturated carbocycles. The van der Waals surface area contributed by atoms with E-state index in [4.69, 9.17) is 19.2 Å². The highest BCUT2D eigenvalue weighted by atomic mass is 127. The van der Waals surface area contributed by atoms with Crippen molar-refractivity contribution >= 4 is 29.9 Å². The number of methoxy groups -OCH3 is 2. The number of likely N-dealkylation sites (tertiary alicyclic amines) is 1. The molecular formula is C19H33IN4O3. The first-order chi connectivity index (χ1) is 12.8. The number of piperidine rings is 1. The van der Waals surface area contributed by atoms with Crippen LogP contribution in [0, 0.1) is 0 Å². The van der Waals surface area contributed by atoms with Gasteiger partial charge in [-0.05, 0) is 32.3 Å². The van der Waals surface area contributed by atoms with Gasteiger partial charge in [0.1, 0.15) is 0 Å². The van der Waals surface area contributed by atoms with Crippen LogP contribution < -0.4 is 10.1 Å². The van der Waals surface area contributed by atoms with Gasteiger partial charge in [-0.25, -0.2) is 9.98 Å². The first kappa shape index (κ1) is 23.9. The topological polar surface area (TPSA) is 68.2 Å². The van der Waals surface area contributed by atoms with Crippen LogP contribution in [0.4, 0.5) is 0 Å². The third kappa shape index (κ3) is 8.18. The molecule has 0 atom stereocenters. The zero-order chi connectivity index (χ0) is 18.6. The molecule has 27 heavy (non-hydrogen) atoms. The molecule has 7 nitrogen and oxygen atoms in total. The summed E-state index contributed by atoms with van der Waals surface area (Å²) in [5.74, 6) is 1.58. The van der Waals surface area contributed by atoms with Crippen molar-refractivity contribution < 1.29 is 14.2 Å². The summed E-state index contributed by atoms with van der Waals surface area (Å²) >= 11 is 0. The molecule has 0 aliphatic carbocycles. The number of rotatable bonds is 9. The van der Waals surface area contributed by atoms with Crippen molar-refractivity contribution in [2.24, 2.45) is 4.99 Å². The van der Waals surface area contributed by atoms with E-state index in [-0.39, 0.29) is 24.0 Å². The molecule has 0 amide bonds. The third-order valence-electron chi connectivity index (χ3n) is 4.37. The van der Waals surface area contributed by atoms with Crippen molar-refractivity contribution in [3.05, 3.63) is 23.9 Å². The molecule has 1 aliphatic rings. The largest absolute Gasteiger partial charge is 0.481 e. The van der Waals surface area contributed by atoms with Crippen LogP contribution in [0.2, 0.25) is 0 Å². The van der Waals surface area contributed by atoms with E-state index in [9.17, 15) is 0 Å². The molecule has 2 heterocycles. The number of hydrogen-bond acceptors (Lipinski definition) is 5. The molecular weight excluding hydrogens is 459 g/mol. The molecule has 1 N–H and O–H groups in total. The van der Waals surface area contributed by atoms with Crippen molar-refractivity contribution in [1.29, 1.82) is 0 Å². The Labute approximate surface area is 179 Å². The SMILES string of the molecule is CCNC(=NCc1cccnc1OC)N1CCC(OCCCOC)CC1.I. The zero-order valence-electron chi connectivity index (χ0n) is 16.6. The van der Waals surface area contributed by atoms with Crippen LogP contribution in [-0.2, 0) is 16.0 Å². The van der Waals surface area contributed by atoms with Crippen molar-refractivity contribution in [3.63, 3.8) is 0 Å². The zero-order valence-corrected chi connectivity index (χ0v) is 19.0. The fourth-order valence-corrected chi connectivity index (χ4v) is 3.00. The van der Waals surface area contributed by atoms with Crippen LogP contribution in [-0.4, -0.2) is 69.0 Å². The average Bonchev–Trinajstić information content (AvgIpc) is 2.69. The number of hydrogen-bond donors (Lipinski definition) is 1. The van der Waals surface area contributed by atoms with E-state index in [0.717, 1.165) is 63.6 Å². The Balaban J connectivity index is 0.00000364. The Morgan fingerprint density at radius 1 is 1.30 bits per heavy atom.